The lowest BCUT2D eigenvalue weighted by Crippen LogP contribution is -2.55. The lowest BCUT2D eigenvalue weighted by Gasteiger charge is -2.56. The Morgan fingerprint density at radius 3 is 2.40 bits per heavy atom. The summed E-state index contributed by atoms with van der Waals surface area (Å²) in [4.78, 5) is 25.7. The topological polar surface area (TPSA) is 94.8 Å². The molecule has 0 aromatic rings. The van der Waals surface area contributed by atoms with Crippen molar-refractivity contribution in [3.8, 4) is 0 Å². The number of carbonyl (C=O) groups is 2. The average molecular weight is 348 g/mol. The zero-order chi connectivity index (χ0) is 18.7. The first-order valence-electron chi connectivity index (χ1n) is 9.11. The summed E-state index contributed by atoms with van der Waals surface area (Å²) in [7, 11) is 0. The van der Waals surface area contributed by atoms with Crippen molar-refractivity contribution in [2.45, 2.75) is 59.5 Å². The molecule has 5 heteroatoms. The molecule has 0 unspecified atom stereocenters. The predicted molar refractivity (Wildman–Crippen MR) is 92.8 cm³/mol. The molecule has 1 saturated carbocycles. The van der Waals surface area contributed by atoms with Gasteiger partial charge in [-0.1, -0.05) is 34.1 Å². The van der Waals surface area contributed by atoms with Crippen LogP contribution in [0.4, 0.5) is 0 Å². The fourth-order valence-corrected chi connectivity index (χ4v) is 5.75. The Morgan fingerprint density at radius 2 is 1.80 bits per heavy atom. The average Bonchev–Trinajstić information content (AvgIpc) is 2.50. The van der Waals surface area contributed by atoms with Gasteiger partial charge in [0.1, 0.15) is 5.76 Å². The van der Waals surface area contributed by atoms with E-state index in [0.29, 0.717) is 17.6 Å². The molecule has 0 spiro atoms. The molecule has 25 heavy (non-hydrogen) atoms. The molecule has 0 radical (unpaired) electrons. The normalized spacial score (nSPS) is 36.2. The number of hydrogen-bond acceptors (Lipinski definition) is 5. The third kappa shape index (κ3) is 2.43. The summed E-state index contributed by atoms with van der Waals surface area (Å²) in [6.45, 7) is 7.45. The van der Waals surface area contributed by atoms with E-state index in [0.717, 1.165) is 12.8 Å². The van der Waals surface area contributed by atoms with Gasteiger partial charge in [0.15, 0.2) is 0 Å². The number of rotatable bonds is 2. The molecule has 4 atom stereocenters. The number of Topliss-reactive ketones (excluding diaryl/α,β-unsaturated/α-hetero) is 2. The number of ketones is 2. The Labute approximate surface area is 148 Å². The van der Waals surface area contributed by atoms with Gasteiger partial charge in [0.25, 0.3) is 0 Å². The molecule has 0 bridgehead atoms. The zero-order valence-corrected chi connectivity index (χ0v) is 15.4. The number of aliphatic hydroxyl groups is 3. The van der Waals surface area contributed by atoms with Gasteiger partial charge in [0, 0.05) is 35.5 Å². The van der Waals surface area contributed by atoms with E-state index < -0.39 is 29.0 Å². The van der Waals surface area contributed by atoms with Crippen molar-refractivity contribution in [2.75, 3.05) is 6.61 Å². The van der Waals surface area contributed by atoms with E-state index in [4.69, 9.17) is 0 Å². The smallest absolute Gasteiger partial charge is 0.233 e. The number of aliphatic hydroxyl groups excluding tert-OH is 3. The van der Waals surface area contributed by atoms with Gasteiger partial charge < -0.3 is 15.3 Å². The van der Waals surface area contributed by atoms with Gasteiger partial charge in [-0.15, -0.1) is 0 Å². The highest BCUT2D eigenvalue weighted by molar-refractivity contribution is 6.50. The molecule has 3 N–H and O–H groups in total. The standard InChI is InChI=1S/C20H28O5/c1-10(9-21)13-15(23)11-8-12(22)18-19(2,3)6-5-7-20(18,4)14(11)17(25)16(13)24/h10,12,18,21-23H,5-9H2,1-4H3/t10-,12-,18+,20-/m1/s1. The first kappa shape index (κ1) is 18.3. The maximum Gasteiger partial charge on any atom is 0.233 e. The van der Waals surface area contributed by atoms with Crippen LogP contribution >= 0.6 is 0 Å². The minimum atomic E-state index is -0.711. The Kier molecular flexibility index (Phi) is 4.24. The van der Waals surface area contributed by atoms with Crippen LogP contribution in [0.3, 0.4) is 0 Å². The maximum absolute atomic E-state index is 13.0. The molecule has 1 fully saturated rings. The summed E-state index contributed by atoms with van der Waals surface area (Å²) in [5, 5.41) is 31.0. The second-order valence-corrected chi connectivity index (χ2v) is 8.87. The molecule has 0 aliphatic heterocycles. The van der Waals surface area contributed by atoms with Gasteiger partial charge in [0.05, 0.1) is 11.7 Å². The highest BCUT2D eigenvalue weighted by Gasteiger charge is 2.58. The third-order valence-corrected chi connectivity index (χ3v) is 6.70. The van der Waals surface area contributed by atoms with Gasteiger partial charge in [-0.05, 0) is 24.2 Å². The molecule has 0 amide bonds. The molecule has 0 heterocycles. The van der Waals surface area contributed by atoms with Crippen molar-refractivity contribution in [1.82, 2.24) is 0 Å². The SMILES string of the molecule is C[C@H](CO)C1=C(O)C2=C(C(=O)C1=O)[C@@]1(C)CCCC(C)(C)[C@@H]1[C@H](O)C2. The second-order valence-electron chi connectivity index (χ2n) is 8.87. The van der Waals surface area contributed by atoms with Gasteiger partial charge >= 0.3 is 0 Å². The van der Waals surface area contributed by atoms with E-state index in [1.165, 1.54) is 0 Å². The van der Waals surface area contributed by atoms with E-state index in [1.807, 2.05) is 6.92 Å². The van der Waals surface area contributed by atoms with Crippen LogP contribution in [0.5, 0.6) is 0 Å². The van der Waals surface area contributed by atoms with Crippen molar-refractivity contribution < 1.29 is 24.9 Å². The molecule has 0 saturated heterocycles. The van der Waals surface area contributed by atoms with Crippen LogP contribution in [0.15, 0.2) is 22.5 Å². The molecule has 3 aliphatic carbocycles. The molecule has 3 rings (SSSR count). The first-order chi connectivity index (χ1) is 11.6. The van der Waals surface area contributed by atoms with Crippen molar-refractivity contribution >= 4 is 11.6 Å². The van der Waals surface area contributed by atoms with E-state index in [-0.39, 0.29) is 35.7 Å². The van der Waals surface area contributed by atoms with Gasteiger partial charge in [-0.25, -0.2) is 0 Å². The maximum atomic E-state index is 13.0. The Bertz CT molecular complexity index is 699. The number of fused-ring (bicyclic) bond motifs is 2. The molecule has 3 aliphatic rings. The fraction of sp³-hybridized carbons (Fsp3) is 0.700. The van der Waals surface area contributed by atoms with Crippen LogP contribution in [0.2, 0.25) is 0 Å². The molecule has 5 nitrogen and oxygen atoms in total. The molecule has 138 valence electrons. The second kappa shape index (κ2) is 5.78. The van der Waals surface area contributed by atoms with Crippen LogP contribution in [-0.2, 0) is 9.59 Å². The summed E-state index contributed by atoms with van der Waals surface area (Å²) >= 11 is 0. The number of carbonyl (C=O) groups excluding carboxylic acids is 2. The highest BCUT2D eigenvalue weighted by Crippen LogP contribution is 2.61. The Hall–Kier alpha value is -1.46. The quantitative estimate of drug-likeness (QED) is 0.526. The monoisotopic (exact) mass is 348 g/mol. The molecular formula is C20H28O5. The molecular weight excluding hydrogens is 320 g/mol. The lowest BCUT2D eigenvalue weighted by atomic mass is 9.48. The summed E-state index contributed by atoms with van der Waals surface area (Å²) in [5.74, 6) is -2.23. The third-order valence-electron chi connectivity index (χ3n) is 6.70. The minimum absolute atomic E-state index is 0.0180. The lowest BCUT2D eigenvalue weighted by molar-refractivity contribution is -0.136. The van der Waals surface area contributed by atoms with Crippen LogP contribution in [0.25, 0.3) is 0 Å². The van der Waals surface area contributed by atoms with Gasteiger partial charge in [-0.2, -0.15) is 0 Å². The Balaban J connectivity index is 2.24. The van der Waals surface area contributed by atoms with Crippen LogP contribution in [0, 0.1) is 22.7 Å². The van der Waals surface area contributed by atoms with Gasteiger partial charge in [-0.3, -0.25) is 9.59 Å². The minimum Gasteiger partial charge on any atom is -0.507 e. The first-order valence-corrected chi connectivity index (χ1v) is 9.11. The fourth-order valence-electron chi connectivity index (χ4n) is 5.75. The van der Waals surface area contributed by atoms with Crippen molar-refractivity contribution in [3.63, 3.8) is 0 Å². The van der Waals surface area contributed by atoms with Crippen LogP contribution < -0.4 is 0 Å². The van der Waals surface area contributed by atoms with E-state index in [1.54, 1.807) is 6.92 Å². The zero-order valence-electron chi connectivity index (χ0n) is 15.4. The van der Waals surface area contributed by atoms with Crippen molar-refractivity contribution in [3.05, 3.63) is 22.5 Å². The van der Waals surface area contributed by atoms with Crippen molar-refractivity contribution in [1.29, 1.82) is 0 Å². The number of hydrogen-bond donors (Lipinski definition) is 3. The van der Waals surface area contributed by atoms with Crippen molar-refractivity contribution in [2.24, 2.45) is 22.7 Å². The predicted octanol–water partition coefficient (Wildman–Crippen LogP) is 2.47. The van der Waals surface area contributed by atoms with Gasteiger partial charge in [0.2, 0.25) is 11.6 Å². The number of allylic oxidation sites excluding steroid dienone is 2. The Morgan fingerprint density at radius 1 is 1.16 bits per heavy atom. The van der Waals surface area contributed by atoms with E-state index in [2.05, 4.69) is 13.8 Å². The van der Waals surface area contributed by atoms with E-state index >= 15 is 0 Å². The largest absolute Gasteiger partial charge is 0.507 e. The summed E-state index contributed by atoms with van der Waals surface area (Å²) in [5.41, 5.74) is 0.0156. The summed E-state index contributed by atoms with van der Waals surface area (Å²) in [6.07, 6.45) is 2.09. The van der Waals surface area contributed by atoms with E-state index in [9.17, 15) is 24.9 Å². The van der Waals surface area contributed by atoms with Crippen LogP contribution in [0.1, 0.15) is 53.4 Å². The summed E-state index contributed by atoms with van der Waals surface area (Å²) in [6, 6.07) is 0. The van der Waals surface area contributed by atoms with Crippen LogP contribution in [-0.4, -0.2) is 39.6 Å². The molecule has 0 aromatic carbocycles. The molecule has 0 aromatic heterocycles. The highest BCUT2D eigenvalue weighted by atomic mass is 16.3. The summed E-state index contributed by atoms with van der Waals surface area (Å²) < 4.78 is 0.